The third-order valence-corrected chi connectivity index (χ3v) is 1.84. The minimum atomic E-state index is 0.0438. The van der Waals surface area contributed by atoms with Crippen LogP contribution >= 0.6 is 12.2 Å². The Morgan fingerprint density at radius 3 is 3.08 bits per heavy atom. The number of aliphatic hydroxyl groups excluding tert-OH is 1. The first kappa shape index (κ1) is 9.99. The topological polar surface area (TPSA) is 36.5 Å². The molecule has 1 aromatic heterocycles. The van der Waals surface area contributed by atoms with Crippen LogP contribution < -0.4 is 4.57 Å². The number of rotatable bonds is 4. The summed E-state index contributed by atoms with van der Waals surface area (Å²) in [5.41, 5.74) is 0.877. The van der Waals surface area contributed by atoms with Gasteiger partial charge >= 0.3 is 0 Å². The van der Waals surface area contributed by atoms with Crippen molar-refractivity contribution in [3.05, 3.63) is 30.1 Å². The van der Waals surface area contributed by atoms with Gasteiger partial charge in [0.05, 0.1) is 5.16 Å². The Morgan fingerprint density at radius 1 is 1.54 bits per heavy atom. The van der Waals surface area contributed by atoms with Crippen molar-refractivity contribution in [2.75, 3.05) is 6.54 Å². The van der Waals surface area contributed by atoms with Crippen LogP contribution in [0.2, 0.25) is 0 Å². The molecule has 1 aromatic rings. The van der Waals surface area contributed by atoms with E-state index in [9.17, 15) is 0 Å². The van der Waals surface area contributed by atoms with Crippen LogP contribution in [-0.4, -0.2) is 16.8 Å². The summed E-state index contributed by atoms with van der Waals surface area (Å²) in [4.78, 5) is 3.80. The second kappa shape index (κ2) is 5.54. The van der Waals surface area contributed by atoms with E-state index in [4.69, 9.17) is 5.11 Å². The number of aromatic nitrogens is 1. The number of thiocarbonyl (C=S) groups is 1. The van der Waals surface area contributed by atoms with E-state index < -0.39 is 0 Å². The molecule has 0 bridgehead atoms. The number of hydrogen-bond acceptors (Lipinski definition) is 3. The summed E-state index contributed by atoms with van der Waals surface area (Å²) >= 11 is 4.45. The summed E-state index contributed by atoms with van der Waals surface area (Å²) in [5.74, 6) is 0. The highest BCUT2D eigenvalue weighted by atomic mass is 32.1. The summed E-state index contributed by atoms with van der Waals surface area (Å²) in [6.45, 7) is 1.37. The third-order valence-electron chi connectivity index (χ3n) is 1.71. The van der Waals surface area contributed by atoms with Gasteiger partial charge in [0.15, 0.2) is 12.7 Å². The van der Waals surface area contributed by atoms with Gasteiger partial charge in [-0.1, -0.05) is 6.07 Å². The fourth-order valence-corrected chi connectivity index (χ4v) is 1.17. The number of pyridine rings is 1. The van der Waals surface area contributed by atoms with Gasteiger partial charge in [0.25, 0.3) is 0 Å². The zero-order valence-electron chi connectivity index (χ0n) is 7.18. The van der Waals surface area contributed by atoms with Gasteiger partial charge in [-0.15, -0.1) is 0 Å². The molecule has 0 atom stereocenters. The number of aliphatic hydroxyl groups is 1. The number of isothiocyanates is 1. The fraction of sp³-hybridized carbons (Fsp3) is 0.333. The van der Waals surface area contributed by atoms with Crippen molar-refractivity contribution in [1.29, 1.82) is 0 Å². The maximum atomic E-state index is 8.99. The first-order chi connectivity index (χ1) is 6.38. The lowest BCUT2D eigenvalue weighted by Gasteiger charge is -1.97. The van der Waals surface area contributed by atoms with E-state index in [1.54, 1.807) is 0 Å². The van der Waals surface area contributed by atoms with Gasteiger partial charge in [-0.3, -0.25) is 0 Å². The van der Waals surface area contributed by atoms with Crippen LogP contribution in [0.25, 0.3) is 0 Å². The fourth-order valence-electron chi connectivity index (χ4n) is 1.08. The quantitative estimate of drug-likeness (QED) is 0.433. The van der Waals surface area contributed by atoms with Crippen molar-refractivity contribution in [3.63, 3.8) is 0 Å². The number of nitrogens with zero attached hydrogens (tertiary/aromatic N) is 2. The van der Waals surface area contributed by atoms with E-state index >= 15 is 0 Å². The molecule has 0 unspecified atom stereocenters. The molecule has 0 fully saturated rings. The Hall–Kier alpha value is -1.09. The molecular formula is C9H11N2OS+. The monoisotopic (exact) mass is 195 g/mol. The zero-order chi connectivity index (χ0) is 9.52. The lowest BCUT2D eigenvalue weighted by Crippen LogP contribution is -2.39. The van der Waals surface area contributed by atoms with Crippen LogP contribution in [0.5, 0.6) is 0 Å². The molecule has 0 aliphatic carbocycles. The molecule has 0 spiro atoms. The van der Waals surface area contributed by atoms with Crippen molar-refractivity contribution in [2.45, 2.75) is 13.2 Å². The zero-order valence-corrected chi connectivity index (χ0v) is 8.00. The summed E-state index contributed by atoms with van der Waals surface area (Å²) < 4.78 is 1.94. The van der Waals surface area contributed by atoms with Crippen molar-refractivity contribution in [1.82, 2.24) is 0 Å². The minimum absolute atomic E-state index is 0.0438. The van der Waals surface area contributed by atoms with Crippen LogP contribution in [0, 0.1) is 0 Å². The second-order valence-corrected chi connectivity index (χ2v) is 2.70. The molecular weight excluding hydrogens is 184 g/mol. The molecule has 0 saturated carbocycles. The molecule has 0 aliphatic rings. The predicted molar refractivity (Wildman–Crippen MR) is 52.5 cm³/mol. The highest BCUT2D eigenvalue weighted by molar-refractivity contribution is 7.78. The predicted octanol–water partition coefficient (Wildman–Crippen LogP) is 0.569. The molecule has 4 heteroatoms. The molecule has 1 rings (SSSR count). The highest BCUT2D eigenvalue weighted by Crippen LogP contribution is 1.90. The van der Waals surface area contributed by atoms with E-state index in [1.807, 2.05) is 29.0 Å². The molecule has 0 aliphatic heterocycles. The van der Waals surface area contributed by atoms with Crippen LogP contribution in [0.1, 0.15) is 5.69 Å². The second-order valence-electron chi connectivity index (χ2n) is 2.52. The molecule has 0 saturated heterocycles. The molecule has 1 heterocycles. The van der Waals surface area contributed by atoms with Crippen LogP contribution in [0.3, 0.4) is 0 Å². The number of aliphatic imine (C=N–C) groups is 1. The smallest absolute Gasteiger partial charge is 0.207 e. The molecule has 13 heavy (non-hydrogen) atoms. The van der Waals surface area contributed by atoms with Gasteiger partial charge in [-0.2, -0.15) is 4.57 Å². The summed E-state index contributed by atoms with van der Waals surface area (Å²) in [5, 5.41) is 11.3. The summed E-state index contributed by atoms with van der Waals surface area (Å²) in [6.07, 6.45) is 1.91. The average molecular weight is 195 g/mol. The Morgan fingerprint density at radius 2 is 2.38 bits per heavy atom. The Bertz CT molecular complexity index is 321. The van der Waals surface area contributed by atoms with Gasteiger partial charge in [0.2, 0.25) is 5.69 Å². The summed E-state index contributed by atoms with van der Waals surface area (Å²) in [6, 6.07) is 5.69. The standard InChI is InChI=1S/C9H11N2OS/c12-7-9-3-1-2-5-11(9)6-4-10-8-13/h1-3,5,12H,4,6-7H2/q+1. The maximum Gasteiger partial charge on any atom is 0.207 e. The lowest BCUT2D eigenvalue weighted by molar-refractivity contribution is -0.703. The van der Waals surface area contributed by atoms with Crippen LogP contribution in [0.4, 0.5) is 0 Å². The van der Waals surface area contributed by atoms with E-state index in [0.29, 0.717) is 6.54 Å². The van der Waals surface area contributed by atoms with E-state index in [1.165, 1.54) is 0 Å². The van der Waals surface area contributed by atoms with Crippen molar-refractivity contribution >= 4 is 17.4 Å². The van der Waals surface area contributed by atoms with Gasteiger partial charge in [0.1, 0.15) is 13.2 Å². The largest absolute Gasteiger partial charge is 0.385 e. The molecule has 0 aromatic carbocycles. The lowest BCUT2D eigenvalue weighted by atomic mass is 10.3. The normalized spacial score (nSPS) is 9.31. The Balaban J connectivity index is 2.69. The van der Waals surface area contributed by atoms with Crippen LogP contribution in [-0.2, 0) is 13.2 Å². The average Bonchev–Trinajstić information content (AvgIpc) is 2.19. The molecule has 0 amide bonds. The minimum Gasteiger partial charge on any atom is -0.385 e. The van der Waals surface area contributed by atoms with Crippen molar-refractivity contribution in [3.8, 4) is 0 Å². The van der Waals surface area contributed by atoms with Crippen molar-refractivity contribution < 1.29 is 9.67 Å². The molecule has 1 N–H and O–H groups in total. The van der Waals surface area contributed by atoms with E-state index in [0.717, 1.165) is 12.2 Å². The Kier molecular flexibility index (Phi) is 4.26. The molecule has 3 nitrogen and oxygen atoms in total. The first-order valence-electron chi connectivity index (χ1n) is 4.00. The van der Waals surface area contributed by atoms with Gasteiger partial charge < -0.3 is 5.11 Å². The third kappa shape index (κ3) is 3.03. The van der Waals surface area contributed by atoms with Crippen molar-refractivity contribution in [2.24, 2.45) is 4.99 Å². The van der Waals surface area contributed by atoms with E-state index in [-0.39, 0.29) is 6.61 Å². The molecule has 0 radical (unpaired) electrons. The maximum absolute atomic E-state index is 8.99. The van der Waals surface area contributed by atoms with Gasteiger partial charge in [-0.05, 0) is 12.2 Å². The van der Waals surface area contributed by atoms with Gasteiger partial charge in [0, 0.05) is 12.1 Å². The Labute approximate surface area is 82.4 Å². The first-order valence-corrected chi connectivity index (χ1v) is 4.41. The number of hydrogen-bond donors (Lipinski definition) is 1. The van der Waals surface area contributed by atoms with Crippen LogP contribution in [0.15, 0.2) is 29.4 Å². The summed E-state index contributed by atoms with van der Waals surface area (Å²) in [7, 11) is 0. The van der Waals surface area contributed by atoms with E-state index in [2.05, 4.69) is 22.4 Å². The molecule has 68 valence electrons. The SMILES string of the molecule is OCc1cccc[n+]1CCN=C=S. The highest BCUT2D eigenvalue weighted by Gasteiger charge is 2.05. The van der Waals surface area contributed by atoms with Gasteiger partial charge in [-0.25, -0.2) is 4.99 Å².